The van der Waals surface area contributed by atoms with Gasteiger partial charge in [-0.25, -0.2) is 4.98 Å². The molecule has 1 aliphatic heterocycles. The highest BCUT2D eigenvalue weighted by atomic mass is 35.5. The van der Waals surface area contributed by atoms with Crippen LogP contribution in [0.5, 0.6) is 5.75 Å². The Morgan fingerprint density at radius 2 is 1.71 bits per heavy atom. The van der Waals surface area contributed by atoms with E-state index in [1.165, 1.54) is 0 Å². The number of benzene rings is 2. The molecule has 156 valence electrons. The molecule has 0 spiro atoms. The van der Waals surface area contributed by atoms with E-state index in [9.17, 15) is 5.11 Å². The molecule has 1 N–H and O–H groups in total. The van der Waals surface area contributed by atoms with Crippen LogP contribution in [-0.2, 0) is 12.3 Å². The molecule has 1 fully saturated rings. The first-order valence-corrected chi connectivity index (χ1v) is 10.3. The summed E-state index contributed by atoms with van der Waals surface area (Å²) in [6, 6.07) is 20.4. The Morgan fingerprint density at radius 1 is 0.935 bits per heavy atom. The minimum absolute atomic E-state index is 0. The Kier molecular flexibility index (Phi) is 4.80. The largest absolute Gasteiger partial charge is 0.472 e. The lowest BCUT2D eigenvalue weighted by Crippen LogP contribution is -2.33. The van der Waals surface area contributed by atoms with Gasteiger partial charge in [0, 0.05) is 23.5 Å². The lowest BCUT2D eigenvalue weighted by Gasteiger charge is -2.37. The van der Waals surface area contributed by atoms with Crippen molar-refractivity contribution in [3.05, 3.63) is 78.6 Å². The number of hydrogen-bond acceptors (Lipinski definition) is 4. The third kappa shape index (κ3) is 3.12. The number of halogens is 1. The van der Waals surface area contributed by atoms with Gasteiger partial charge in [-0.3, -0.25) is 9.55 Å². The standard InChI is InChI=1S/C25H21N3O2.ClH/c29-25(12-4-13-25)19-9-7-17(8-10-19)22-23(18-5-2-1-3-6-18)28-16-30-21-11-14-26-15-20(21)24(28)27-22;/h1-3,5-11,14-15,29H,4,12-13,16H2;1H. The van der Waals surface area contributed by atoms with Crippen molar-refractivity contribution in [1.82, 2.24) is 14.5 Å². The third-order valence-electron chi connectivity index (χ3n) is 6.26. The number of fused-ring (bicyclic) bond motifs is 3. The maximum atomic E-state index is 10.7. The van der Waals surface area contributed by atoms with Crippen molar-refractivity contribution in [2.75, 3.05) is 0 Å². The molecule has 31 heavy (non-hydrogen) atoms. The van der Waals surface area contributed by atoms with Crippen LogP contribution in [-0.4, -0.2) is 19.6 Å². The number of pyridine rings is 1. The molecular formula is C25H22ClN3O2. The lowest BCUT2D eigenvalue weighted by atomic mass is 9.75. The van der Waals surface area contributed by atoms with E-state index in [1.807, 2.05) is 36.4 Å². The smallest absolute Gasteiger partial charge is 0.167 e. The van der Waals surface area contributed by atoms with E-state index in [-0.39, 0.29) is 12.4 Å². The highest BCUT2D eigenvalue weighted by molar-refractivity contribution is 5.85. The number of nitrogens with zero attached hydrogens (tertiary/aromatic N) is 3. The average molecular weight is 432 g/mol. The Morgan fingerprint density at radius 3 is 2.42 bits per heavy atom. The second-order valence-corrected chi connectivity index (χ2v) is 8.03. The van der Waals surface area contributed by atoms with Crippen LogP contribution >= 0.6 is 12.4 Å². The molecule has 2 aromatic carbocycles. The fourth-order valence-electron chi connectivity index (χ4n) is 4.42. The van der Waals surface area contributed by atoms with E-state index in [0.717, 1.165) is 64.5 Å². The summed E-state index contributed by atoms with van der Waals surface area (Å²) in [6.45, 7) is 0.404. The predicted octanol–water partition coefficient (Wildman–Crippen LogP) is 5.42. The zero-order valence-electron chi connectivity index (χ0n) is 16.9. The molecule has 0 atom stereocenters. The SMILES string of the molecule is Cl.OC1(c2ccc(-c3nc4n(c3-c3ccccc3)COc3ccncc3-4)cc2)CCC1. The Balaban J connectivity index is 0.00000204. The van der Waals surface area contributed by atoms with Crippen LogP contribution in [0.4, 0.5) is 0 Å². The summed E-state index contributed by atoms with van der Waals surface area (Å²) < 4.78 is 8.11. The molecule has 6 heteroatoms. The van der Waals surface area contributed by atoms with Crippen LogP contribution in [0, 0.1) is 0 Å². The summed E-state index contributed by atoms with van der Waals surface area (Å²) in [6.07, 6.45) is 6.29. The molecule has 2 aliphatic rings. The summed E-state index contributed by atoms with van der Waals surface area (Å²) in [7, 11) is 0. The molecule has 5 nitrogen and oxygen atoms in total. The fraction of sp³-hybridized carbons (Fsp3) is 0.200. The topological polar surface area (TPSA) is 60.2 Å². The minimum Gasteiger partial charge on any atom is -0.472 e. The summed E-state index contributed by atoms with van der Waals surface area (Å²) in [4.78, 5) is 9.32. The number of hydrogen-bond donors (Lipinski definition) is 1. The van der Waals surface area contributed by atoms with Gasteiger partial charge in [0.15, 0.2) is 6.73 Å². The van der Waals surface area contributed by atoms with Gasteiger partial charge >= 0.3 is 0 Å². The van der Waals surface area contributed by atoms with E-state index in [0.29, 0.717) is 6.73 Å². The van der Waals surface area contributed by atoms with Crippen molar-refractivity contribution < 1.29 is 9.84 Å². The van der Waals surface area contributed by atoms with Gasteiger partial charge in [-0.2, -0.15) is 0 Å². The summed E-state index contributed by atoms with van der Waals surface area (Å²) in [5.41, 5.74) is 5.26. The highest BCUT2D eigenvalue weighted by Gasteiger charge is 2.36. The van der Waals surface area contributed by atoms with Crippen molar-refractivity contribution in [2.45, 2.75) is 31.6 Å². The van der Waals surface area contributed by atoms with Gasteiger partial charge in [0.05, 0.1) is 22.6 Å². The molecular weight excluding hydrogens is 410 g/mol. The minimum atomic E-state index is -0.660. The van der Waals surface area contributed by atoms with Crippen molar-refractivity contribution >= 4 is 12.4 Å². The Bertz CT molecular complexity index is 1230. The van der Waals surface area contributed by atoms with E-state index >= 15 is 0 Å². The van der Waals surface area contributed by atoms with E-state index in [1.54, 1.807) is 12.4 Å². The fourth-order valence-corrected chi connectivity index (χ4v) is 4.42. The van der Waals surface area contributed by atoms with E-state index in [4.69, 9.17) is 9.72 Å². The Hall–Kier alpha value is -3.15. The summed E-state index contributed by atoms with van der Waals surface area (Å²) >= 11 is 0. The van der Waals surface area contributed by atoms with Gasteiger partial charge in [-0.1, -0.05) is 54.6 Å². The molecule has 0 saturated heterocycles. The Labute approximate surface area is 186 Å². The monoisotopic (exact) mass is 431 g/mol. The quantitative estimate of drug-likeness (QED) is 0.470. The highest BCUT2D eigenvalue weighted by Crippen LogP contribution is 2.43. The van der Waals surface area contributed by atoms with Gasteiger partial charge in [-0.05, 0) is 30.9 Å². The van der Waals surface area contributed by atoms with Crippen molar-refractivity contribution in [2.24, 2.45) is 0 Å². The molecule has 0 radical (unpaired) electrons. The molecule has 1 saturated carbocycles. The molecule has 3 heterocycles. The van der Waals surface area contributed by atoms with Gasteiger partial charge in [0.1, 0.15) is 11.6 Å². The van der Waals surface area contributed by atoms with Gasteiger partial charge in [0.25, 0.3) is 0 Å². The maximum Gasteiger partial charge on any atom is 0.167 e. The zero-order valence-corrected chi connectivity index (χ0v) is 17.7. The zero-order chi connectivity index (χ0) is 20.1. The van der Waals surface area contributed by atoms with Gasteiger partial charge < -0.3 is 9.84 Å². The summed E-state index contributed by atoms with van der Waals surface area (Å²) in [5, 5.41) is 10.7. The van der Waals surface area contributed by atoms with E-state index < -0.39 is 5.60 Å². The lowest BCUT2D eigenvalue weighted by molar-refractivity contribution is -0.0387. The average Bonchev–Trinajstić information content (AvgIpc) is 3.18. The number of rotatable bonds is 3. The molecule has 0 amide bonds. The van der Waals surface area contributed by atoms with Crippen molar-refractivity contribution in [1.29, 1.82) is 0 Å². The van der Waals surface area contributed by atoms with Crippen LogP contribution in [0.1, 0.15) is 24.8 Å². The molecule has 0 unspecified atom stereocenters. The third-order valence-corrected chi connectivity index (χ3v) is 6.26. The summed E-state index contributed by atoms with van der Waals surface area (Å²) in [5.74, 6) is 1.66. The van der Waals surface area contributed by atoms with Crippen LogP contribution in [0.15, 0.2) is 73.1 Å². The maximum absolute atomic E-state index is 10.7. The molecule has 4 aromatic rings. The van der Waals surface area contributed by atoms with Gasteiger partial charge in [-0.15, -0.1) is 12.4 Å². The van der Waals surface area contributed by atoms with Gasteiger partial charge in [0.2, 0.25) is 0 Å². The second-order valence-electron chi connectivity index (χ2n) is 8.03. The van der Waals surface area contributed by atoms with Crippen LogP contribution in [0.3, 0.4) is 0 Å². The normalized spacial score (nSPS) is 15.6. The number of imidazole rings is 1. The van der Waals surface area contributed by atoms with Crippen molar-refractivity contribution in [3.63, 3.8) is 0 Å². The first kappa shape index (κ1) is 19.8. The number of aliphatic hydroxyl groups is 1. The van der Waals surface area contributed by atoms with Crippen molar-refractivity contribution in [3.8, 4) is 39.7 Å². The molecule has 2 aromatic heterocycles. The predicted molar refractivity (Wildman–Crippen MR) is 122 cm³/mol. The first-order chi connectivity index (χ1) is 14.7. The first-order valence-electron chi connectivity index (χ1n) is 10.3. The van der Waals surface area contributed by atoms with Crippen LogP contribution in [0.2, 0.25) is 0 Å². The second kappa shape index (κ2) is 7.52. The van der Waals surface area contributed by atoms with Crippen LogP contribution < -0.4 is 4.74 Å². The molecule has 0 bridgehead atoms. The molecule has 6 rings (SSSR count). The number of ether oxygens (including phenoxy) is 1. The number of aromatic nitrogens is 3. The van der Waals surface area contributed by atoms with Crippen LogP contribution in [0.25, 0.3) is 33.9 Å². The molecule has 1 aliphatic carbocycles. The van der Waals surface area contributed by atoms with E-state index in [2.05, 4.69) is 33.8 Å².